The molecule has 0 saturated carbocycles. The maximum atomic E-state index is 12.6. The van der Waals surface area contributed by atoms with Gasteiger partial charge in [0.25, 0.3) is 0 Å². The summed E-state index contributed by atoms with van der Waals surface area (Å²) in [6, 6.07) is 12.5. The predicted octanol–water partition coefficient (Wildman–Crippen LogP) is 4.13. The average Bonchev–Trinajstić information content (AvgIpc) is 3.54. The van der Waals surface area contributed by atoms with E-state index in [1.165, 1.54) is 6.20 Å². The first-order valence-electron chi connectivity index (χ1n) is 12.7. The molecule has 204 valence electrons. The number of amides is 1. The second kappa shape index (κ2) is 11.2. The Labute approximate surface area is 226 Å². The van der Waals surface area contributed by atoms with Gasteiger partial charge >= 0.3 is 6.09 Å². The number of nitriles is 1. The topological polar surface area (TPSA) is 120 Å². The zero-order chi connectivity index (χ0) is 27.4. The van der Waals surface area contributed by atoms with Gasteiger partial charge in [-0.3, -0.25) is 10.2 Å². The maximum Gasteiger partial charge on any atom is 0.417 e. The highest BCUT2D eigenvalue weighted by Crippen LogP contribution is 2.34. The van der Waals surface area contributed by atoms with Crippen LogP contribution in [0.4, 0.5) is 10.5 Å². The van der Waals surface area contributed by atoms with Crippen LogP contribution in [-0.2, 0) is 4.74 Å². The first kappa shape index (κ1) is 26.3. The summed E-state index contributed by atoms with van der Waals surface area (Å²) in [7, 11) is 0. The summed E-state index contributed by atoms with van der Waals surface area (Å²) >= 11 is 0. The lowest BCUT2D eigenvalue weighted by Crippen LogP contribution is -2.43. The Hall–Kier alpha value is -4.27. The van der Waals surface area contributed by atoms with Crippen LogP contribution in [0.25, 0.3) is 5.69 Å². The van der Waals surface area contributed by atoms with Crippen molar-refractivity contribution in [3.05, 3.63) is 53.9 Å². The molecule has 2 aliphatic rings. The van der Waals surface area contributed by atoms with Gasteiger partial charge in [0.1, 0.15) is 11.8 Å². The van der Waals surface area contributed by atoms with Gasteiger partial charge in [0.15, 0.2) is 17.2 Å². The predicted molar refractivity (Wildman–Crippen MR) is 142 cm³/mol. The summed E-state index contributed by atoms with van der Waals surface area (Å²) in [4.78, 5) is 15.0. The minimum Gasteiger partial charge on any atom is -0.492 e. The lowest BCUT2D eigenvalue weighted by Gasteiger charge is -2.34. The van der Waals surface area contributed by atoms with E-state index in [0.29, 0.717) is 46.5 Å². The number of aromatic nitrogens is 2. The smallest absolute Gasteiger partial charge is 0.417 e. The van der Waals surface area contributed by atoms with E-state index < -0.39 is 6.09 Å². The van der Waals surface area contributed by atoms with E-state index in [1.54, 1.807) is 35.9 Å². The number of hydrogen-bond acceptors (Lipinski definition) is 9. The minimum atomic E-state index is -0.701. The first-order valence-corrected chi connectivity index (χ1v) is 12.7. The van der Waals surface area contributed by atoms with Crippen LogP contribution in [0.1, 0.15) is 25.1 Å². The summed E-state index contributed by atoms with van der Waals surface area (Å²) in [5.41, 5.74) is 1.99. The van der Waals surface area contributed by atoms with Crippen LogP contribution in [0.2, 0.25) is 0 Å². The molecule has 1 N–H and O–H groups in total. The Bertz CT molecular complexity index is 1390. The molecule has 3 heterocycles. The Balaban J connectivity index is 1.19. The van der Waals surface area contributed by atoms with Crippen molar-refractivity contribution in [2.45, 2.75) is 20.8 Å². The molecule has 0 radical (unpaired) electrons. The molecule has 0 bridgehead atoms. The van der Waals surface area contributed by atoms with Crippen molar-refractivity contribution in [2.24, 2.45) is 5.41 Å². The Morgan fingerprint density at radius 3 is 2.72 bits per heavy atom. The molecule has 3 aromatic rings. The van der Waals surface area contributed by atoms with Crippen LogP contribution in [0.3, 0.4) is 0 Å². The van der Waals surface area contributed by atoms with Gasteiger partial charge in [0, 0.05) is 36.8 Å². The average molecular weight is 534 g/mol. The molecule has 0 unspecified atom stereocenters. The van der Waals surface area contributed by atoms with E-state index in [2.05, 4.69) is 35.2 Å². The third-order valence-electron chi connectivity index (χ3n) is 6.49. The number of hydrogen-bond donors (Lipinski definition) is 1. The van der Waals surface area contributed by atoms with Crippen LogP contribution >= 0.6 is 0 Å². The standard InChI is InChI=1S/C28H31N5O6/c1-19-26(15-30-33(19)22-5-7-24-25(13-22)38-18-37-24)39-27(34)31-21-4-6-23(20(12-21)14-29)36-17-28(2,3)16-32-8-10-35-11-9-32/h4-7,12-13,15H,8-11,16-18H2,1-3H3,(H,31,34). The van der Waals surface area contributed by atoms with E-state index in [-0.39, 0.29) is 12.2 Å². The van der Waals surface area contributed by atoms with Crippen LogP contribution in [-0.4, -0.2) is 67.0 Å². The third-order valence-corrected chi connectivity index (χ3v) is 6.49. The lowest BCUT2D eigenvalue weighted by atomic mass is 9.93. The molecule has 1 aromatic heterocycles. The molecule has 5 rings (SSSR count). The Morgan fingerprint density at radius 1 is 1.13 bits per heavy atom. The van der Waals surface area contributed by atoms with Crippen LogP contribution in [0, 0.1) is 23.7 Å². The zero-order valence-corrected chi connectivity index (χ0v) is 22.2. The largest absolute Gasteiger partial charge is 0.492 e. The lowest BCUT2D eigenvalue weighted by molar-refractivity contribution is 0.0132. The number of benzene rings is 2. The third kappa shape index (κ3) is 6.25. The summed E-state index contributed by atoms with van der Waals surface area (Å²) in [6.07, 6.45) is 0.767. The van der Waals surface area contributed by atoms with Crippen molar-refractivity contribution >= 4 is 11.8 Å². The molecular weight excluding hydrogens is 502 g/mol. The normalized spacial score (nSPS) is 15.0. The molecule has 0 spiro atoms. The van der Waals surface area contributed by atoms with Gasteiger partial charge in [-0.25, -0.2) is 9.48 Å². The van der Waals surface area contributed by atoms with E-state index in [4.69, 9.17) is 23.7 Å². The number of carbonyl (C=O) groups is 1. The second-order valence-corrected chi connectivity index (χ2v) is 10.2. The van der Waals surface area contributed by atoms with Crippen LogP contribution in [0.5, 0.6) is 23.0 Å². The van der Waals surface area contributed by atoms with E-state index in [0.717, 1.165) is 38.5 Å². The van der Waals surface area contributed by atoms with Gasteiger partial charge in [0.05, 0.1) is 43.0 Å². The molecule has 2 aliphatic heterocycles. The minimum absolute atomic E-state index is 0.117. The summed E-state index contributed by atoms with van der Waals surface area (Å²) < 4.78 is 29.4. The van der Waals surface area contributed by atoms with Gasteiger partial charge in [-0.05, 0) is 37.3 Å². The molecule has 1 amide bonds. The Kier molecular flexibility index (Phi) is 7.58. The van der Waals surface area contributed by atoms with Crippen molar-refractivity contribution in [3.8, 4) is 34.8 Å². The molecule has 11 heteroatoms. The van der Waals surface area contributed by atoms with Gasteiger partial charge in [-0.2, -0.15) is 10.4 Å². The number of ether oxygens (including phenoxy) is 5. The SMILES string of the molecule is Cc1c(OC(=O)Nc2ccc(OCC(C)(C)CN3CCOCC3)c(C#N)c2)cnn1-c1ccc2c(c1)OCO2. The fourth-order valence-electron chi connectivity index (χ4n) is 4.52. The maximum absolute atomic E-state index is 12.6. The van der Waals surface area contributed by atoms with Gasteiger partial charge in [0.2, 0.25) is 6.79 Å². The van der Waals surface area contributed by atoms with Crippen LogP contribution < -0.4 is 24.3 Å². The highest BCUT2D eigenvalue weighted by atomic mass is 16.7. The van der Waals surface area contributed by atoms with Crippen molar-refractivity contribution in [1.82, 2.24) is 14.7 Å². The van der Waals surface area contributed by atoms with Crippen molar-refractivity contribution in [1.29, 1.82) is 5.26 Å². The highest BCUT2D eigenvalue weighted by molar-refractivity contribution is 5.86. The molecule has 1 fully saturated rings. The number of carbonyl (C=O) groups excluding carboxylic acids is 1. The number of anilines is 1. The van der Waals surface area contributed by atoms with Gasteiger partial charge < -0.3 is 23.7 Å². The van der Waals surface area contributed by atoms with Crippen LogP contribution in [0.15, 0.2) is 42.6 Å². The number of nitrogens with one attached hydrogen (secondary N) is 1. The van der Waals surface area contributed by atoms with E-state index in [1.807, 2.05) is 12.1 Å². The van der Waals surface area contributed by atoms with Crippen molar-refractivity contribution in [3.63, 3.8) is 0 Å². The number of fused-ring (bicyclic) bond motifs is 1. The quantitative estimate of drug-likeness (QED) is 0.456. The van der Waals surface area contributed by atoms with Crippen molar-refractivity contribution in [2.75, 3.05) is 51.6 Å². The summed E-state index contributed by atoms with van der Waals surface area (Å²) in [5.74, 6) is 2.06. The molecule has 11 nitrogen and oxygen atoms in total. The van der Waals surface area contributed by atoms with E-state index >= 15 is 0 Å². The molecule has 1 saturated heterocycles. The Morgan fingerprint density at radius 2 is 1.92 bits per heavy atom. The van der Waals surface area contributed by atoms with Gasteiger partial charge in [-0.15, -0.1) is 0 Å². The monoisotopic (exact) mass is 533 g/mol. The number of rotatable bonds is 8. The fraction of sp³-hybridized carbons (Fsp3) is 0.393. The van der Waals surface area contributed by atoms with Gasteiger partial charge in [-0.1, -0.05) is 13.8 Å². The van der Waals surface area contributed by atoms with E-state index in [9.17, 15) is 10.1 Å². The second-order valence-electron chi connectivity index (χ2n) is 10.2. The molecule has 39 heavy (non-hydrogen) atoms. The first-order chi connectivity index (χ1) is 18.8. The summed E-state index contributed by atoms with van der Waals surface area (Å²) in [5, 5.41) is 16.7. The molecular formula is C28H31N5O6. The zero-order valence-electron chi connectivity index (χ0n) is 22.2. The molecule has 0 atom stereocenters. The molecule has 2 aromatic carbocycles. The number of nitrogens with zero attached hydrogens (tertiary/aromatic N) is 4. The molecule has 0 aliphatic carbocycles. The highest BCUT2D eigenvalue weighted by Gasteiger charge is 2.25. The summed E-state index contributed by atoms with van der Waals surface area (Å²) in [6.45, 7) is 10.9. The van der Waals surface area contributed by atoms with Crippen molar-refractivity contribution < 1.29 is 28.5 Å². The fourth-order valence-corrected chi connectivity index (χ4v) is 4.52. The number of morpholine rings is 1.